The lowest BCUT2D eigenvalue weighted by Gasteiger charge is -2.36. The van der Waals surface area contributed by atoms with E-state index in [1.807, 2.05) is 13.8 Å². The summed E-state index contributed by atoms with van der Waals surface area (Å²) in [7, 11) is 0. The van der Waals surface area contributed by atoms with Crippen LogP contribution in [0.5, 0.6) is 0 Å². The van der Waals surface area contributed by atoms with E-state index in [2.05, 4.69) is 11.2 Å². The summed E-state index contributed by atoms with van der Waals surface area (Å²) < 4.78 is 5.80. The molecule has 1 aliphatic rings. The van der Waals surface area contributed by atoms with Crippen LogP contribution in [-0.4, -0.2) is 34.4 Å². The zero-order valence-electron chi connectivity index (χ0n) is 10.3. The van der Waals surface area contributed by atoms with Crippen molar-refractivity contribution in [2.24, 2.45) is 0 Å². The van der Waals surface area contributed by atoms with Gasteiger partial charge in [0.1, 0.15) is 5.54 Å². The molecule has 0 aliphatic carbocycles. The van der Waals surface area contributed by atoms with Gasteiger partial charge in [-0.1, -0.05) is 5.92 Å². The number of rotatable bonds is 3. The monoisotopic (exact) mass is 225 g/mol. The summed E-state index contributed by atoms with van der Waals surface area (Å²) in [6, 6.07) is 0. The first-order valence-corrected chi connectivity index (χ1v) is 5.29. The largest absolute Gasteiger partial charge is 0.480 e. The van der Waals surface area contributed by atoms with Crippen molar-refractivity contribution in [3.8, 4) is 12.3 Å². The Morgan fingerprint density at radius 1 is 1.50 bits per heavy atom. The van der Waals surface area contributed by atoms with E-state index in [4.69, 9.17) is 11.2 Å². The van der Waals surface area contributed by atoms with Gasteiger partial charge in [0.05, 0.1) is 17.7 Å². The Labute approximate surface area is 96.4 Å². The van der Waals surface area contributed by atoms with Gasteiger partial charge in [-0.15, -0.1) is 6.42 Å². The number of hydrogen-bond acceptors (Lipinski definition) is 3. The molecule has 1 heterocycles. The number of terminal acetylenes is 1. The predicted octanol–water partition coefficient (Wildman–Crippen LogP) is 1.01. The molecule has 90 valence electrons. The molecular formula is C12H19NO3. The number of nitrogens with one attached hydrogen (secondary N) is 1. The molecule has 1 unspecified atom stereocenters. The molecular weight excluding hydrogens is 206 g/mol. The third-order valence-electron chi connectivity index (χ3n) is 3.11. The molecule has 1 rings (SSSR count). The molecule has 1 fully saturated rings. The van der Waals surface area contributed by atoms with Crippen molar-refractivity contribution in [2.75, 3.05) is 6.54 Å². The Morgan fingerprint density at radius 2 is 2.06 bits per heavy atom. The van der Waals surface area contributed by atoms with E-state index in [0.717, 1.165) is 0 Å². The molecule has 0 saturated carbocycles. The van der Waals surface area contributed by atoms with Crippen molar-refractivity contribution in [1.82, 2.24) is 5.32 Å². The maximum atomic E-state index is 11.5. The van der Waals surface area contributed by atoms with E-state index in [1.54, 1.807) is 13.8 Å². The third-order valence-corrected chi connectivity index (χ3v) is 3.11. The normalized spacial score (nSPS) is 30.9. The van der Waals surface area contributed by atoms with Crippen molar-refractivity contribution in [3.05, 3.63) is 0 Å². The highest BCUT2D eigenvalue weighted by atomic mass is 16.5. The Kier molecular flexibility index (Phi) is 3.06. The number of hydrogen-bond donors (Lipinski definition) is 2. The van der Waals surface area contributed by atoms with Gasteiger partial charge in [-0.25, -0.2) is 0 Å². The van der Waals surface area contributed by atoms with Gasteiger partial charge < -0.3 is 9.84 Å². The van der Waals surface area contributed by atoms with Crippen LogP contribution in [0.1, 0.15) is 34.1 Å². The van der Waals surface area contributed by atoms with E-state index < -0.39 is 22.7 Å². The summed E-state index contributed by atoms with van der Waals surface area (Å²) in [5.41, 5.74) is -2.38. The first kappa shape index (κ1) is 13.0. The van der Waals surface area contributed by atoms with Gasteiger partial charge in [0.2, 0.25) is 0 Å². The number of ether oxygens (including phenoxy) is 1. The molecule has 16 heavy (non-hydrogen) atoms. The summed E-state index contributed by atoms with van der Waals surface area (Å²) >= 11 is 0. The molecule has 0 aromatic rings. The molecule has 0 amide bonds. The predicted molar refractivity (Wildman–Crippen MR) is 61.1 cm³/mol. The van der Waals surface area contributed by atoms with Gasteiger partial charge in [0.25, 0.3) is 0 Å². The van der Waals surface area contributed by atoms with Crippen molar-refractivity contribution in [2.45, 2.75) is 50.9 Å². The Hall–Kier alpha value is -1.05. The van der Waals surface area contributed by atoms with Gasteiger partial charge in [-0.2, -0.15) is 0 Å². The fraction of sp³-hybridized carbons (Fsp3) is 0.750. The fourth-order valence-electron chi connectivity index (χ4n) is 2.55. The minimum Gasteiger partial charge on any atom is -0.480 e. The van der Waals surface area contributed by atoms with E-state index in [-0.39, 0.29) is 6.54 Å². The van der Waals surface area contributed by atoms with Crippen LogP contribution in [0.2, 0.25) is 0 Å². The van der Waals surface area contributed by atoms with Crippen LogP contribution in [-0.2, 0) is 9.53 Å². The number of carboxylic acids is 1. The zero-order chi connectivity index (χ0) is 12.6. The smallest absolute Gasteiger partial charge is 0.327 e. The Balaban J connectivity index is 3.11. The maximum Gasteiger partial charge on any atom is 0.327 e. The molecule has 0 aromatic carbocycles. The van der Waals surface area contributed by atoms with Crippen LogP contribution in [0.25, 0.3) is 0 Å². The van der Waals surface area contributed by atoms with Gasteiger partial charge >= 0.3 is 5.97 Å². The number of carbonyl (C=O) groups is 1. The lowest BCUT2D eigenvalue weighted by Crippen LogP contribution is -2.62. The second-order valence-electron chi connectivity index (χ2n) is 5.32. The van der Waals surface area contributed by atoms with Crippen LogP contribution in [0.15, 0.2) is 0 Å². The summed E-state index contributed by atoms with van der Waals surface area (Å²) in [4.78, 5) is 11.5. The van der Waals surface area contributed by atoms with Gasteiger partial charge in [-0.05, 0) is 27.7 Å². The first-order chi connectivity index (χ1) is 7.17. The van der Waals surface area contributed by atoms with Crippen molar-refractivity contribution < 1.29 is 14.6 Å². The molecule has 0 bridgehead atoms. The second-order valence-corrected chi connectivity index (χ2v) is 5.32. The minimum atomic E-state index is -1.12. The van der Waals surface area contributed by atoms with Crippen LogP contribution < -0.4 is 5.32 Å². The van der Waals surface area contributed by atoms with E-state index in [0.29, 0.717) is 6.42 Å². The number of aliphatic carboxylic acids is 1. The van der Waals surface area contributed by atoms with Crippen LogP contribution in [0, 0.1) is 12.3 Å². The van der Waals surface area contributed by atoms with E-state index >= 15 is 0 Å². The lowest BCUT2D eigenvalue weighted by molar-refractivity contribution is -0.153. The maximum absolute atomic E-state index is 11.5. The fourth-order valence-corrected chi connectivity index (χ4v) is 2.55. The number of carboxylic acid groups (broad SMARTS) is 1. The second kappa shape index (κ2) is 3.76. The summed E-state index contributed by atoms with van der Waals surface area (Å²) in [6.07, 6.45) is 5.57. The molecule has 0 radical (unpaired) electrons. The molecule has 2 N–H and O–H groups in total. The molecule has 1 aliphatic heterocycles. The molecule has 0 aromatic heterocycles. The molecule has 1 atom stereocenters. The van der Waals surface area contributed by atoms with Gasteiger partial charge in [0, 0.05) is 6.42 Å². The summed E-state index contributed by atoms with van der Waals surface area (Å²) in [5, 5.41) is 12.4. The molecule has 1 saturated heterocycles. The zero-order valence-corrected chi connectivity index (χ0v) is 10.3. The minimum absolute atomic E-state index is 0.217. The van der Waals surface area contributed by atoms with E-state index in [9.17, 15) is 9.90 Å². The molecule has 0 spiro atoms. The van der Waals surface area contributed by atoms with Crippen LogP contribution >= 0.6 is 0 Å². The highest BCUT2D eigenvalue weighted by Gasteiger charge is 2.61. The highest BCUT2D eigenvalue weighted by Crippen LogP contribution is 2.45. The third kappa shape index (κ3) is 1.93. The van der Waals surface area contributed by atoms with Crippen molar-refractivity contribution in [1.29, 1.82) is 0 Å². The molecule has 4 heteroatoms. The van der Waals surface area contributed by atoms with Crippen molar-refractivity contribution in [3.63, 3.8) is 0 Å². The average molecular weight is 225 g/mol. The van der Waals surface area contributed by atoms with E-state index in [1.165, 1.54) is 0 Å². The van der Waals surface area contributed by atoms with Crippen LogP contribution in [0.3, 0.4) is 0 Å². The lowest BCUT2D eigenvalue weighted by atomic mass is 9.79. The highest BCUT2D eigenvalue weighted by molar-refractivity contribution is 5.81. The summed E-state index contributed by atoms with van der Waals surface area (Å²) in [6.45, 7) is 7.54. The average Bonchev–Trinajstić information content (AvgIpc) is 2.28. The van der Waals surface area contributed by atoms with Gasteiger partial charge in [-0.3, -0.25) is 10.1 Å². The van der Waals surface area contributed by atoms with Gasteiger partial charge in [0.15, 0.2) is 0 Å². The summed E-state index contributed by atoms with van der Waals surface area (Å²) in [5.74, 6) is 1.49. The molecule has 4 nitrogen and oxygen atoms in total. The first-order valence-electron chi connectivity index (χ1n) is 5.29. The van der Waals surface area contributed by atoms with Crippen LogP contribution in [0.4, 0.5) is 0 Å². The van der Waals surface area contributed by atoms with Crippen molar-refractivity contribution >= 4 is 5.97 Å². The Morgan fingerprint density at radius 3 is 2.38 bits per heavy atom. The Bertz CT molecular complexity index is 341. The topological polar surface area (TPSA) is 58.6 Å². The SMILES string of the molecule is C#CCNC1(C(=O)O)CC(C)(C)OC1(C)C. The quantitative estimate of drug-likeness (QED) is 0.704. The standard InChI is InChI=1S/C12H19NO3/c1-6-7-13-12(9(14)15)8-10(2,3)16-11(12,4)5/h1,13H,7-8H2,2-5H3,(H,14,15).